The lowest BCUT2D eigenvalue weighted by molar-refractivity contribution is -0.271. The average Bonchev–Trinajstić information content (AvgIpc) is 3.04. The normalized spacial score (nSPS) is 27.9. The van der Waals surface area contributed by atoms with E-state index in [0.29, 0.717) is 24.9 Å². The molecule has 0 aromatic heterocycles. The minimum Gasteiger partial charge on any atom is -0.460 e. The van der Waals surface area contributed by atoms with Gasteiger partial charge in [0.05, 0.1) is 17.9 Å². The van der Waals surface area contributed by atoms with Gasteiger partial charge in [-0.05, 0) is 19.3 Å². The number of esters is 1. The Bertz CT molecular complexity index is 788. The molecule has 3 rings (SSSR count). The standard InChI is InChI=1S/C21H25NO8/c1-4-9-27-21(26)18-16-13(7-6-8-14(16)28-11-23)17-15(19(24)22(17)18)12(3)20(25)30-29-10-5-2/h4-5,11-15,17H,1-2,6-10H2,3H3/t12?,13-,14?,15?,17?/m0/s1. The lowest BCUT2D eigenvalue weighted by atomic mass is 9.69. The van der Waals surface area contributed by atoms with Crippen molar-refractivity contribution in [2.24, 2.45) is 17.8 Å². The van der Waals surface area contributed by atoms with Crippen LogP contribution < -0.4 is 0 Å². The largest absolute Gasteiger partial charge is 0.460 e. The number of hydrogen-bond donors (Lipinski definition) is 0. The molecule has 1 saturated carbocycles. The predicted molar refractivity (Wildman–Crippen MR) is 102 cm³/mol. The molecule has 9 nitrogen and oxygen atoms in total. The van der Waals surface area contributed by atoms with E-state index in [1.807, 2.05) is 0 Å². The van der Waals surface area contributed by atoms with Crippen LogP contribution >= 0.6 is 0 Å². The van der Waals surface area contributed by atoms with Gasteiger partial charge in [0.2, 0.25) is 5.91 Å². The van der Waals surface area contributed by atoms with Crippen molar-refractivity contribution >= 4 is 24.3 Å². The summed E-state index contributed by atoms with van der Waals surface area (Å²) < 4.78 is 10.4. The maximum absolute atomic E-state index is 13.0. The van der Waals surface area contributed by atoms with E-state index in [4.69, 9.17) is 19.2 Å². The summed E-state index contributed by atoms with van der Waals surface area (Å²) in [5.74, 6) is -3.37. The summed E-state index contributed by atoms with van der Waals surface area (Å²) >= 11 is 0. The maximum atomic E-state index is 13.0. The molecule has 1 saturated heterocycles. The first-order valence-electron chi connectivity index (χ1n) is 9.86. The Morgan fingerprint density at radius 2 is 1.97 bits per heavy atom. The molecule has 4 unspecified atom stereocenters. The van der Waals surface area contributed by atoms with Crippen LogP contribution in [0.2, 0.25) is 0 Å². The Balaban J connectivity index is 1.88. The van der Waals surface area contributed by atoms with Gasteiger partial charge in [-0.15, -0.1) is 6.58 Å². The van der Waals surface area contributed by atoms with Gasteiger partial charge in [0.1, 0.15) is 25.0 Å². The average molecular weight is 419 g/mol. The molecular formula is C21H25NO8. The molecule has 2 heterocycles. The van der Waals surface area contributed by atoms with Crippen LogP contribution in [0.4, 0.5) is 0 Å². The zero-order chi connectivity index (χ0) is 21.8. The third-order valence-corrected chi connectivity index (χ3v) is 5.83. The molecule has 30 heavy (non-hydrogen) atoms. The van der Waals surface area contributed by atoms with Crippen LogP contribution in [0.3, 0.4) is 0 Å². The van der Waals surface area contributed by atoms with Crippen LogP contribution in [0.5, 0.6) is 0 Å². The first-order valence-corrected chi connectivity index (χ1v) is 9.86. The van der Waals surface area contributed by atoms with Gasteiger partial charge < -0.3 is 14.4 Å². The molecule has 0 aromatic carbocycles. The van der Waals surface area contributed by atoms with Gasteiger partial charge >= 0.3 is 11.9 Å². The SMILES string of the molecule is C=CCOOC(=O)C(C)C1C(=O)N2C(C(=O)OCC=C)=C3C(OC=O)CCC[C@@H]3C12. The zero-order valence-electron chi connectivity index (χ0n) is 16.8. The van der Waals surface area contributed by atoms with Crippen molar-refractivity contribution in [3.05, 3.63) is 36.6 Å². The quantitative estimate of drug-likeness (QED) is 0.0996. The first kappa shape index (κ1) is 21.8. The fourth-order valence-corrected chi connectivity index (χ4v) is 4.62. The highest BCUT2D eigenvalue weighted by molar-refractivity contribution is 6.02. The molecule has 9 heteroatoms. The highest BCUT2D eigenvalue weighted by atomic mass is 17.2. The summed E-state index contributed by atoms with van der Waals surface area (Å²) in [6, 6.07) is -0.404. The number of rotatable bonds is 10. The van der Waals surface area contributed by atoms with E-state index in [1.54, 1.807) is 6.92 Å². The third-order valence-electron chi connectivity index (χ3n) is 5.83. The van der Waals surface area contributed by atoms with Gasteiger partial charge in [-0.3, -0.25) is 14.5 Å². The highest BCUT2D eigenvalue weighted by Gasteiger charge is 2.64. The Kier molecular flexibility index (Phi) is 6.71. The Morgan fingerprint density at radius 1 is 1.23 bits per heavy atom. The third kappa shape index (κ3) is 3.65. The molecule has 0 N–H and O–H groups in total. The Labute approximate surface area is 174 Å². The number of carbonyl (C=O) groups excluding carboxylic acids is 4. The number of β-lactam (4-membered cyclic amide) rings is 1. The molecule has 0 spiro atoms. The lowest BCUT2D eigenvalue weighted by Crippen LogP contribution is -2.63. The van der Waals surface area contributed by atoms with E-state index in [9.17, 15) is 19.2 Å². The van der Waals surface area contributed by atoms with Crippen molar-refractivity contribution < 1.29 is 38.4 Å². The maximum Gasteiger partial charge on any atom is 0.355 e. The minimum atomic E-state index is -0.777. The van der Waals surface area contributed by atoms with E-state index in [2.05, 4.69) is 13.2 Å². The number of nitrogens with zero attached hydrogens (tertiary/aromatic N) is 1. The smallest absolute Gasteiger partial charge is 0.355 e. The monoisotopic (exact) mass is 419 g/mol. The van der Waals surface area contributed by atoms with Crippen molar-refractivity contribution in [3.8, 4) is 0 Å². The number of amides is 1. The summed E-state index contributed by atoms with van der Waals surface area (Å²) in [6.07, 6.45) is 4.26. The second-order valence-corrected chi connectivity index (χ2v) is 7.44. The molecule has 1 amide bonds. The molecule has 0 bridgehead atoms. The van der Waals surface area contributed by atoms with E-state index >= 15 is 0 Å². The molecule has 2 aliphatic heterocycles. The van der Waals surface area contributed by atoms with Crippen molar-refractivity contribution in [2.75, 3.05) is 13.2 Å². The minimum absolute atomic E-state index is 0.0149. The summed E-state index contributed by atoms with van der Waals surface area (Å²) in [7, 11) is 0. The van der Waals surface area contributed by atoms with E-state index < -0.39 is 35.9 Å². The van der Waals surface area contributed by atoms with Crippen LogP contribution in [-0.4, -0.2) is 54.6 Å². The van der Waals surface area contributed by atoms with Gasteiger partial charge in [-0.25, -0.2) is 9.59 Å². The van der Waals surface area contributed by atoms with Crippen molar-refractivity contribution in [2.45, 2.75) is 38.3 Å². The predicted octanol–water partition coefficient (Wildman–Crippen LogP) is 1.45. The Hall–Kier alpha value is -2.94. The lowest BCUT2D eigenvalue weighted by Gasteiger charge is -2.48. The zero-order valence-corrected chi connectivity index (χ0v) is 16.8. The van der Waals surface area contributed by atoms with E-state index in [-0.39, 0.29) is 30.7 Å². The molecule has 0 radical (unpaired) electrons. The number of fused-ring (bicyclic) bond motifs is 3. The Morgan fingerprint density at radius 3 is 2.63 bits per heavy atom. The van der Waals surface area contributed by atoms with Crippen molar-refractivity contribution in [1.82, 2.24) is 4.90 Å². The van der Waals surface area contributed by atoms with Crippen LogP contribution in [0.15, 0.2) is 36.6 Å². The topological polar surface area (TPSA) is 108 Å². The summed E-state index contributed by atoms with van der Waals surface area (Å²) in [4.78, 5) is 60.0. The van der Waals surface area contributed by atoms with Gasteiger partial charge in [-0.1, -0.05) is 25.7 Å². The summed E-state index contributed by atoms with van der Waals surface area (Å²) in [6.45, 7) is 8.94. The highest BCUT2D eigenvalue weighted by Crippen LogP contribution is 2.53. The van der Waals surface area contributed by atoms with E-state index in [1.165, 1.54) is 17.1 Å². The van der Waals surface area contributed by atoms with E-state index in [0.717, 1.165) is 6.42 Å². The van der Waals surface area contributed by atoms with Gasteiger partial charge in [0, 0.05) is 11.5 Å². The molecule has 3 aliphatic rings. The second-order valence-electron chi connectivity index (χ2n) is 7.44. The molecule has 162 valence electrons. The number of carbonyl (C=O) groups is 4. The number of hydrogen-bond acceptors (Lipinski definition) is 8. The molecular weight excluding hydrogens is 394 g/mol. The number of ether oxygens (including phenoxy) is 2. The van der Waals surface area contributed by atoms with Crippen LogP contribution in [-0.2, 0) is 38.4 Å². The first-order chi connectivity index (χ1) is 14.5. The summed E-state index contributed by atoms with van der Waals surface area (Å²) in [5.41, 5.74) is 0.704. The molecule has 0 aromatic rings. The van der Waals surface area contributed by atoms with Crippen LogP contribution in [0, 0.1) is 17.8 Å². The molecule has 5 atom stereocenters. The summed E-state index contributed by atoms with van der Waals surface area (Å²) in [5, 5.41) is 0. The van der Waals surface area contributed by atoms with Crippen LogP contribution in [0.25, 0.3) is 0 Å². The van der Waals surface area contributed by atoms with Crippen molar-refractivity contribution in [1.29, 1.82) is 0 Å². The van der Waals surface area contributed by atoms with Gasteiger partial charge in [-0.2, -0.15) is 4.89 Å². The fraction of sp³-hybridized carbons (Fsp3) is 0.524. The molecule has 1 aliphatic carbocycles. The fourth-order valence-electron chi connectivity index (χ4n) is 4.62. The van der Waals surface area contributed by atoms with Crippen molar-refractivity contribution in [3.63, 3.8) is 0 Å². The molecule has 2 fully saturated rings. The van der Waals surface area contributed by atoms with Crippen LogP contribution in [0.1, 0.15) is 26.2 Å². The van der Waals surface area contributed by atoms with Gasteiger partial charge in [0.15, 0.2) is 0 Å². The second kappa shape index (κ2) is 9.25. The van der Waals surface area contributed by atoms with Gasteiger partial charge in [0.25, 0.3) is 6.47 Å².